The molecule has 118 valence electrons. The number of hydrogen-bond donors (Lipinski definition) is 1. The lowest BCUT2D eigenvalue weighted by atomic mass is 10.0. The van der Waals surface area contributed by atoms with Crippen molar-refractivity contribution < 1.29 is 9.59 Å². The van der Waals surface area contributed by atoms with Gasteiger partial charge in [-0.1, -0.05) is 12.1 Å². The van der Waals surface area contributed by atoms with Crippen LogP contribution in [0.2, 0.25) is 0 Å². The summed E-state index contributed by atoms with van der Waals surface area (Å²) in [5.74, 6) is 0.253. The first kappa shape index (κ1) is 15.0. The number of piperidine rings is 1. The lowest BCUT2D eigenvalue weighted by Crippen LogP contribution is -2.45. The van der Waals surface area contributed by atoms with E-state index in [0.29, 0.717) is 25.1 Å². The monoisotopic (exact) mass is 301 g/mol. The summed E-state index contributed by atoms with van der Waals surface area (Å²) in [5.41, 5.74) is 7.67. The first-order valence-corrected chi connectivity index (χ1v) is 8.05. The maximum Gasteiger partial charge on any atom is 0.253 e. The number of nitrogens with zero attached hydrogens (tertiary/aromatic N) is 2. The third kappa shape index (κ3) is 3.30. The lowest BCUT2D eigenvalue weighted by Gasteiger charge is -2.31. The van der Waals surface area contributed by atoms with Gasteiger partial charge < -0.3 is 15.5 Å². The van der Waals surface area contributed by atoms with Gasteiger partial charge >= 0.3 is 0 Å². The Labute approximate surface area is 131 Å². The van der Waals surface area contributed by atoms with Crippen LogP contribution in [-0.4, -0.2) is 47.3 Å². The van der Waals surface area contributed by atoms with Gasteiger partial charge in [-0.05, 0) is 37.0 Å². The second-order valence-electron chi connectivity index (χ2n) is 6.27. The van der Waals surface area contributed by atoms with Crippen molar-refractivity contribution in [3.05, 3.63) is 35.4 Å². The van der Waals surface area contributed by atoms with Crippen molar-refractivity contribution in [1.82, 2.24) is 9.80 Å². The maximum absolute atomic E-state index is 12.6. The van der Waals surface area contributed by atoms with Gasteiger partial charge in [0.2, 0.25) is 5.91 Å². The molecule has 0 spiro atoms. The second-order valence-corrected chi connectivity index (χ2v) is 6.27. The van der Waals surface area contributed by atoms with E-state index in [9.17, 15) is 9.59 Å². The molecule has 5 nitrogen and oxygen atoms in total. The third-order valence-electron chi connectivity index (χ3n) is 4.46. The van der Waals surface area contributed by atoms with Crippen LogP contribution >= 0.6 is 0 Å². The Morgan fingerprint density at radius 2 is 2.14 bits per heavy atom. The molecule has 0 radical (unpaired) electrons. The fourth-order valence-electron chi connectivity index (χ4n) is 3.27. The van der Waals surface area contributed by atoms with Crippen LogP contribution in [0.5, 0.6) is 0 Å². The molecule has 2 N–H and O–H groups in total. The molecule has 2 saturated heterocycles. The van der Waals surface area contributed by atoms with E-state index in [1.807, 2.05) is 34.1 Å². The zero-order valence-electron chi connectivity index (χ0n) is 12.8. The van der Waals surface area contributed by atoms with Crippen molar-refractivity contribution in [3.8, 4) is 0 Å². The van der Waals surface area contributed by atoms with E-state index in [1.165, 1.54) is 0 Å². The Morgan fingerprint density at radius 3 is 2.86 bits per heavy atom. The van der Waals surface area contributed by atoms with Crippen LogP contribution in [0.1, 0.15) is 41.6 Å². The average molecular weight is 301 g/mol. The number of hydrogen-bond acceptors (Lipinski definition) is 3. The van der Waals surface area contributed by atoms with Crippen molar-refractivity contribution in [1.29, 1.82) is 0 Å². The van der Waals surface area contributed by atoms with E-state index in [0.717, 1.165) is 37.9 Å². The number of amides is 2. The molecule has 2 aliphatic heterocycles. The smallest absolute Gasteiger partial charge is 0.253 e. The largest absolute Gasteiger partial charge is 0.338 e. The van der Waals surface area contributed by atoms with E-state index < -0.39 is 0 Å². The lowest BCUT2D eigenvalue weighted by molar-refractivity contribution is -0.128. The third-order valence-corrected chi connectivity index (χ3v) is 4.46. The molecule has 2 amide bonds. The molecule has 2 fully saturated rings. The highest BCUT2D eigenvalue weighted by atomic mass is 16.2. The number of likely N-dealkylation sites (tertiary alicyclic amines) is 2. The summed E-state index contributed by atoms with van der Waals surface area (Å²) in [6, 6.07) is 7.71. The number of nitrogens with two attached hydrogens (primary N) is 1. The predicted octanol–water partition coefficient (Wildman–Crippen LogP) is 1.37. The number of carbonyl (C=O) groups excluding carboxylic acids is 2. The second kappa shape index (κ2) is 6.48. The molecule has 0 aliphatic carbocycles. The Hall–Kier alpha value is -1.88. The molecule has 0 unspecified atom stereocenters. The van der Waals surface area contributed by atoms with Gasteiger partial charge in [0.25, 0.3) is 5.91 Å². The predicted molar refractivity (Wildman–Crippen MR) is 84.2 cm³/mol. The summed E-state index contributed by atoms with van der Waals surface area (Å²) in [6.45, 7) is 2.83. The van der Waals surface area contributed by atoms with Crippen LogP contribution in [0.3, 0.4) is 0 Å². The van der Waals surface area contributed by atoms with Gasteiger partial charge in [0.15, 0.2) is 0 Å². The Kier molecular flexibility index (Phi) is 4.43. The average Bonchev–Trinajstić information content (AvgIpc) is 2.92. The topological polar surface area (TPSA) is 66.6 Å². The molecule has 1 atom stereocenters. The number of rotatable bonds is 3. The van der Waals surface area contributed by atoms with E-state index in [4.69, 9.17) is 5.73 Å². The van der Waals surface area contributed by atoms with Crippen molar-refractivity contribution in [2.45, 2.75) is 38.3 Å². The first-order valence-electron chi connectivity index (χ1n) is 8.05. The van der Waals surface area contributed by atoms with Gasteiger partial charge in [-0.3, -0.25) is 9.59 Å². The number of carbonyl (C=O) groups is 2. The zero-order valence-corrected chi connectivity index (χ0v) is 12.8. The summed E-state index contributed by atoms with van der Waals surface area (Å²) in [7, 11) is 0. The molecule has 3 rings (SSSR count). The summed E-state index contributed by atoms with van der Waals surface area (Å²) < 4.78 is 0. The van der Waals surface area contributed by atoms with E-state index in [-0.39, 0.29) is 17.9 Å². The molecule has 22 heavy (non-hydrogen) atoms. The fourth-order valence-corrected chi connectivity index (χ4v) is 3.27. The molecular formula is C17H23N3O2. The minimum absolute atomic E-state index is 0.0461. The SMILES string of the molecule is N[C@H]1CCCN(C(=O)c2cccc(CN3CCCC3=O)c2)C1. The Bertz CT molecular complexity index is 573. The maximum atomic E-state index is 12.6. The fraction of sp³-hybridized carbons (Fsp3) is 0.529. The normalized spacial score (nSPS) is 22.2. The minimum Gasteiger partial charge on any atom is -0.338 e. The summed E-state index contributed by atoms with van der Waals surface area (Å²) in [5, 5.41) is 0. The summed E-state index contributed by atoms with van der Waals surface area (Å²) in [4.78, 5) is 28.0. The van der Waals surface area contributed by atoms with Gasteiger partial charge in [0, 0.05) is 44.2 Å². The van der Waals surface area contributed by atoms with Crippen molar-refractivity contribution >= 4 is 11.8 Å². The molecule has 5 heteroatoms. The van der Waals surface area contributed by atoms with Crippen molar-refractivity contribution in [2.75, 3.05) is 19.6 Å². The molecule has 0 saturated carbocycles. The van der Waals surface area contributed by atoms with Gasteiger partial charge in [-0.25, -0.2) is 0 Å². The molecule has 1 aromatic rings. The van der Waals surface area contributed by atoms with Crippen LogP contribution in [0.25, 0.3) is 0 Å². The highest BCUT2D eigenvalue weighted by molar-refractivity contribution is 5.94. The molecular weight excluding hydrogens is 278 g/mol. The van der Waals surface area contributed by atoms with Gasteiger partial charge in [-0.15, -0.1) is 0 Å². The minimum atomic E-state index is 0.0461. The van der Waals surface area contributed by atoms with Crippen LogP contribution in [-0.2, 0) is 11.3 Å². The van der Waals surface area contributed by atoms with Gasteiger partial charge in [-0.2, -0.15) is 0 Å². The Morgan fingerprint density at radius 1 is 1.27 bits per heavy atom. The van der Waals surface area contributed by atoms with Crippen LogP contribution in [0.4, 0.5) is 0 Å². The molecule has 2 heterocycles. The van der Waals surface area contributed by atoms with E-state index >= 15 is 0 Å². The van der Waals surface area contributed by atoms with Crippen molar-refractivity contribution in [3.63, 3.8) is 0 Å². The van der Waals surface area contributed by atoms with Gasteiger partial charge in [0.1, 0.15) is 0 Å². The van der Waals surface area contributed by atoms with Gasteiger partial charge in [0.05, 0.1) is 0 Å². The van der Waals surface area contributed by atoms with Crippen LogP contribution in [0.15, 0.2) is 24.3 Å². The number of benzene rings is 1. The molecule has 0 bridgehead atoms. The zero-order chi connectivity index (χ0) is 15.5. The van der Waals surface area contributed by atoms with E-state index in [2.05, 4.69) is 0 Å². The van der Waals surface area contributed by atoms with Crippen molar-refractivity contribution in [2.24, 2.45) is 5.73 Å². The molecule has 0 aromatic heterocycles. The molecule has 1 aromatic carbocycles. The Balaban J connectivity index is 1.70. The summed E-state index contributed by atoms with van der Waals surface area (Å²) >= 11 is 0. The molecule has 2 aliphatic rings. The van der Waals surface area contributed by atoms with Crippen LogP contribution < -0.4 is 5.73 Å². The first-order chi connectivity index (χ1) is 10.6. The quantitative estimate of drug-likeness (QED) is 0.917. The van der Waals surface area contributed by atoms with E-state index in [1.54, 1.807) is 0 Å². The standard InChI is InChI=1S/C17H23N3O2/c18-15-6-2-9-20(12-15)17(22)14-5-1-4-13(10-14)11-19-8-3-7-16(19)21/h1,4-5,10,15H,2-3,6-9,11-12,18H2/t15-/m0/s1. The highest BCUT2D eigenvalue weighted by Crippen LogP contribution is 2.17. The highest BCUT2D eigenvalue weighted by Gasteiger charge is 2.23. The summed E-state index contributed by atoms with van der Waals surface area (Å²) in [6.07, 6.45) is 3.53. The van der Waals surface area contributed by atoms with Crippen LogP contribution in [0, 0.1) is 0 Å².